The fraction of sp³-hybridized carbons (Fsp3) is 0.688. The van der Waals surface area contributed by atoms with Crippen molar-refractivity contribution in [1.29, 1.82) is 0 Å². The molecule has 7 heteroatoms. The number of piperidine rings is 1. The molecule has 128 valence electrons. The molecule has 1 amide bonds. The van der Waals surface area contributed by atoms with Crippen LogP contribution in [0.5, 0.6) is 0 Å². The molecule has 1 aromatic heterocycles. The normalized spacial score (nSPS) is 30.7. The molecule has 2 aliphatic rings. The van der Waals surface area contributed by atoms with Crippen LogP contribution >= 0.6 is 11.6 Å². The fourth-order valence-corrected chi connectivity index (χ4v) is 3.84. The molecule has 0 bridgehead atoms. The minimum Gasteiger partial charge on any atom is -0.388 e. The molecule has 6 nitrogen and oxygen atoms in total. The number of aliphatic hydroxyl groups excluding tert-OH is 1. The standard InChI is InChI=1S/C16H23ClN2O4/c1-15(22)10-16(23-9-13(15)20)3-5-19(6-4-16)14(21)12-7-11(17)8-18(12)2/h7-8,13,20,22H,3-6,9-10H2,1-2H3/t13-,15-/m0/s1. The maximum Gasteiger partial charge on any atom is 0.270 e. The molecule has 0 aliphatic carbocycles. The Hall–Kier alpha value is -1.08. The average molecular weight is 343 g/mol. The molecule has 1 spiro atoms. The van der Waals surface area contributed by atoms with E-state index in [9.17, 15) is 15.0 Å². The zero-order chi connectivity index (χ0) is 16.8. The van der Waals surface area contributed by atoms with Crippen LogP contribution in [0.3, 0.4) is 0 Å². The van der Waals surface area contributed by atoms with E-state index in [0.29, 0.717) is 43.1 Å². The highest BCUT2D eigenvalue weighted by Crippen LogP contribution is 2.39. The van der Waals surface area contributed by atoms with Crippen molar-refractivity contribution in [2.45, 2.75) is 43.5 Å². The topological polar surface area (TPSA) is 74.9 Å². The number of rotatable bonds is 1. The third-order valence-corrected chi connectivity index (χ3v) is 5.30. The average Bonchev–Trinajstić information content (AvgIpc) is 2.82. The van der Waals surface area contributed by atoms with Crippen LogP contribution in [-0.4, -0.2) is 62.6 Å². The first kappa shape index (κ1) is 16.8. The summed E-state index contributed by atoms with van der Waals surface area (Å²) in [6.07, 6.45) is 2.54. The van der Waals surface area contributed by atoms with E-state index < -0.39 is 17.3 Å². The summed E-state index contributed by atoms with van der Waals surface area (Å²) in [6, 6.07) is 1.67. The lowest BCUT2D eigenvalue weighted by atomic mass is 9.76. The molecule has 0 radical (unpaired) electrons. The Balaban J connectivity index is 1.67. The van der Waals surface area contributed by atoms with E-state index in [-0.39, 0.29) is 12.5 Å². The second kappa shape index (κ2) is 5.77. The van der Waals surface area contributed by atoms with Crippen molar-refractivity contribution >= 4 is 17.5 Å². The van der Waals surface area contributed by atoms with Gasteiger partial charge in [0.25, 0.3) is 5.91 Å². The molecule has 3 heterocycles. The number of hydrogen-bond acceptors (Lipinski definition) is 4. The lowest BCUT2D eigenvalue weighted by Crippen LogP contribution is -2.59. The van der Waals surface area contributed by atoms with Gasteiger partial charge >= 0.3 is 0 Å². The predicted molar refractivity (Wildman–Crippen MR) is 85.5 cm³/mol. The maximum absolute atomic E-state index is 12.6. The first-order valence-corrected chi connectivity index (χ1v) is 8.26. The number of hydrogen-bond donors (Lipinski definition) is 2. The van der Waals surface area contributed by atoms with Gasteiger partial charge < -0.3 is 24.4 Å². The zero-order valence-electron chi connectivity index (χ0n) is 13.5. The van der Waals surface area contributed by atoms with Crippen molar-refractivity contribution in [3.05, 3.63) is 23.0 Å². The lowest BCUT2D eigenvalue weighted by molar-refractivity contribution is -0.221. The summed E-state index contributed by atoms with van der Waals surface area (Å²) >= 11 is 5.95. The highest BCUT2D eigenvalue weighted by atomic mass is 35.5. The molecular formula is C16H23ClN2O4. The van der Waals surface area contributed by atoms with E-state index in [1.165, 1.54) is 0 Å². The predicted octanol–water partition coefficient (Wildman–Crippen LogP) is 1.19. The van der Waals surface area contributed by atoms with Gasteiger partial charge in [-0.2, -0.15) is 0 Å². The number of aromatic nitrogens is 1. The van der Waals surface area contributed by atoms with Gasteiger partial charge in [0.1, 0.15) is 11.8 Å². The van der Waals surface area contributed by atoms with Crippen LogP contribution in [0, 0.1) is 0 Å². The molecule has 0 unspecified atom stereocenters. The Bertz CT molecular complexity index is 605. The molecule has 2 fully saturated rings. The van der Waals surface area contributed by atoms with Crippen molar-refractivity contribution in [2.75, 3.05) is 19.7 Å². The zero-order valence-corrected chi connectivity index (χ0v) is 14.2. The first-order chi connectivity index (χ1) is 10.7. The van der Waals surface area contributed by atoms with Crippen LogP contribution in [0.2, 0.25) is 5.02 Å². The SMILES string of the molecule is Cn1cc(Cl)cc1C(=O)N1CCC2(CC1)C[C@](C)(O)[C@@H](O)CO2. The molecule has 0 saturated carbocycles. The molecule has 23 heavy (non-hydrogen) atoms. The van der Waals surface area contributed by atoms with Crippen LogP contribution in [-0.2, 0) is 11.8 Å². The monoisotopic (exact) mass is 342 g/mol. The van der Waals surface area contributed by atoms with E-state index in [1.807, 2.05) is 0 Å². The minimum atomic E-state index is -1.14. The number of nitrogens with zero attached hydrogens (tertiary/aromatic N) is 2. The highest BCUT2D eigenvalue weighted by molar-refractivity contribution is 6.31. The summed E-state index contributed by atoms with van der Waals surface area (Å²) in [4.78, 5) is 14.4. The van der Waals surface area contributed by atoms with Gasteiger partial charge in [-0.3, -0.25) is 4.79 Å². The Kier molecular flexibility index (Phi) is 4.21. The number of amides is 1. The van der Waals surface area contributed by atoms with Crippen LogP contribution < -0.4 is 0 Å². The molecule has 2 N–H and O–H groups in total. The number of halogens is 1. The molecule has 2 aliphatic heterocycles. The molecule has 2 saturated heterocycles. The van der Waals surface area contributed by atoms with Gasteiger partial charge in [-0.05, 0) is 25.8 Å². The smallest absolute Gasteiger partial charge is 0.270 e. The Morgan fingerprint density at radius 3 is 2.61 bits per heavy atom. The summed E-state index contributed by atoms with van der Waals surface area (Å²) in [5, 5.41) is 20.7. The van der Waals surface area contributed by atoms with Crippen molar-refractivity contribution in [2.24, 2.45) is 7.05 Å². The van der Waals surface area contributed by atoms with E-state index in [1.54, 1.807) is 35.7 Å². The second-order valence-corrected chi connectivity index (χ2v) is 7.43. The molecule has 0 aromatic carbocycles. The number of likely N-dealkylation sites (tertiary alicyclic amines) is 1. The van der Waals surface area contributed by atoms with Crippen LogP contribution in [0.25, 0.3) is 0 Å². The van der Waals surface area contributed by atoms with Gasteiger partial charge in [-0.15, -0.1) is 0 Å². The largest absolute Gasteiger partial charge is 0.388 e. The number of carbonyl (C=O) groups is 1. The number of aryl methyl sites for hydroxylation is 1. The first-order valence-electron chi connectivity index (χ1n) is 7.88. The number of carbonyl (C=O) groups excluding carboxylic acids is 1. The van der Waals surface area contributed by atoms with Gasteiger partial charge in [0.2, 0.25) is 0 Å². The summed E-state index contributed by atoms with van der Waals surface area (Å²) in [7, 11) is 1.80. The minimum absolute atomic E-state index is 0.0446. The quantitative estimate of drug-likeness (QED) is 0.804. The molecule has 3 rings (SSSR count). The Morgan fingerprint density at radius 2 is 2.09 bits per heavy atom. The third-order valence-electron chi connectivity index (χ3n) is 5.10. The second-order valence-electron chi connectivity index (χ2n) is 6.99. The lowest BCUT2D eigenvalue weighted by Gasteiger charge is -2.49. The molecule has 1 aromatic rings. The number of aliphatic hydroxyl groups is 2. The van der Waals surface area contributed by atoms with Gasteiger partial charge in [0.15, 0.2) is 0 Å². The summed E-state index contributed by atoms with van der Waals surface area (Å²) in [5.74, 6) is -0.0446. The van der Waals surface area contributed by atoms with Crippen LogP contribution in [0.1, 0.15) is 36.7 Å². The fourth-order valence-electron chi connectivity index (χ4n) is 3.59. The van der Waals surface area contributed by atoms with Gasteiger partial charge in [-0.1, -0.05) is 11.6 Å². The van der Waals surface area contributed by atoms with Crippen molar-refractivity contribution in [3.8, 4) is 0 Å². The molecular weight excluding hydrogens is 320 g/mol. The Morgan fingerprint density at radius 1 is 1.43 bits per heavy atom. The summed E-state index contributed by atoms with van der Waals surface area (Å²) in [5.41, 5.74) is -1.03. The Labute approximate surface area is 140 Å². The van der Waals surface area contributed by atoms with Crippen LogP contribution in [0.4, 0.5) is 0 Å². The van der Waals surface area contributed by atoms with Gasteiger partial charge in [0.05, 0.1) is 22.8 Å². The van der Waals surface area contributed by atoms with E-state index in [4.69, 9.17) is 16.3 Å². The van der Waals surface area contributed by atoms with Crippen molar-refractivity contribution < 1.29 is 19.7 Å². The van der Waals surface area contributed by atoms with Gasteiger partial charge in [-0.25, -0.2) is 0 Å². The number of ether oxygens (including phenoxy) is 1. The third kappa shape index (κ3) is 3.13. The highest BCUT2D eigenvalue weighted by Gasteiger charge is 2.49. The molecule has 2 atom stereocenters. The van der Waals surface area contributed by atoms with E-state index in [2.05, 4.69) is 0 Å². The summed E-state index contributed by atoms with van der Waals surface area (Å²) in [6.45, 7) is 2.90. The van der Waals surface area contributed by atoms with Gasteiger partial charge in [0, 0.05) is 32.8 Å². The van der Waals surface area contributed by atoms with Crippen molar-refractivity contribution in [3.63, 3.8) is 0 Å². The van der Waals surface area contributed by atoms with Crippen LogP contribution in [0.15, 0.2) is 12.3 Å². The van der Waals surface area contributed by atoms with E-state index >= 15 is 0 Å². The maximum atomic E-state index is 12.6. The summed E-state index contributed by atoms with van der Waals surface area (Å²) < 4.78 is 7.57. The van der Waals surface area contributed by atoms with Crippen molar-refractivity contribution in [1.82, 2.24) is 9.47 Å². The van der Waals surface area contributed by atoms with E-state index in [0.717, 1.165) is 0 Å².